The molecule has 0 atom stereocenters. The van der Waals surface area contributed by atoms with Crippen molar-refractivity contribution in [3.8, 4) is 0 Å². The summed E-state index contributed by atoms with van der Waals surface area (Å²) in [4.78, 5) is 14.0. The topological polar surface area (TPSA) is 53.6 Å². The molecule has 5 nitrogen and oxygen atoms in total. The lowest BCUT2D eigenvalue weighted by molar-refractivity contribution is -0.120. The molecule has 0 aromatic rings. The van der Waals surface area contributed by atoms with Crippen LogP contribution in [0.25, 0.3) is 0 Å². The molecule has 0 aromatic heterocycles. The van der Waals surface area contributed by atoms with Crippen molar-refractivity contribution in [3.05, 3.63) is 0 Å². The van der Waals surface area contributed by atoms with Crippen LogP contribution in [0.5, 0.6) is 0 Å². The van der Waals surface area contributed by atoms with Gasteiger partial charge < -0.3 is 20.3 Å². The third-order valence-corrected chi connectivity index (χ3v) is 3.80. The molecule has 1 saturated heterocycles. The second kappa shape index (κ2) is 10.2. The number of rotatable bonds is 9. The second-order valence-electron chi connectivity index (χ2n) is 5.19. The van der Waals surface area contributed by atoms with E-state index in [0.29, 0.717) is 13.2 Å². The lowest BCUT2D eigenvalue weighted by atomic mass is 9.93. The molecule has 19 heavy (non-hydrogen) atoms. The van der Waals surface area contributed by atoms with Gasteiger partial charge in [0, 0.05) is 20.2 Å². The zero-order chi connectivity index (χ0) is 13.9. The number of nitrogens with one attached hydrogen (secondary N) is 2. The Hall–Kier alpha value is -0.650. The molecule has 5 heteroatoms. The first-order valence-corrected chi connectivity index (χ1v) is 7.45. The van der Waals surface area contributed by atoms with Gasteiger partial charge in [-0.25, -0.2) is 0 Å². The predicted molar refractivity (Wildman–Crippen MR) is 77.2 cm³/mol. The number of likely N-dealkylation sites (tertiary alicyclic amines) is 1. The maximum absolute atomic E-state index is 11.5. The van der Waals surface area contributed by atoms with E-state index >= 15 is 0 Å². The van der Waals surface area contributed by atoms with Gasteiger partial charge in [0.15, 0.2) is 0 Å². The summed E-state index contributed by atoms with van der Waals surface area (Å²) in [7, 11) is 1.66. The molecule has 0 unspecified atom stereocenters. The first-order valence-electron chi connectivity index (χ1n) is 7.45. The Kier molecular flexibility index (Phi) is 8.79. The van der Waals surface area contributed by atoms with Gasteiger partial charge in [-0.1, -0.05) is 6.92 Å². The molecule has 0 aliphatic carbocycles. The number of amides is 1. The van der Waals surface area contributed by atoms with E-state index in [4.69, 9.17) is 4.74 Å². The highest BCUT2D eigenvalue weighted by atomic mass is 16.5. The Labute approximate surface area is 117 Å². The Morgan fingerprint density at radius 2 is 2.05 bits per heavy atom. The average molecular weight is 271 g/mol. The van der Waals surface area contributed by atoms with Crippen LogP contribution in [0, 0.1) is 5.92 Å². The van der Waals surface area contributed by atoms with Crippen molar-refractivity contribution in [3.63, 3.8) is 0 Å². The molecule has 112 valence electrons. The Balaban J connectivity index is 1.96. The van der Waals surface area contributed by atoms with Gasteiger partial charge in [0.2, 0.25) is 5.91 Å². The van der Waals surface area contributed by atoms with Gasteiger partial charge in [-0.15, -0.1) is 0 Å². The molecule has 1 fully saturated rings. The number of carbonyl (C=O) groups is 1. The van der Waals surface area contributed by atoms with Gasteiger partial charge in [0.05, 0.1) is 13.2 Å². The third kappa shape index (κ3) is 7.50. The van der Waals surface area contributed by atoms with Gasteiger partial charge in [-0.05, 0) is 44.8 Å². The second-order valence-corrected chi connectivity index (χ2v) is 5.19. The van der Waals surface area contributed by atoms with E-state index in [9.17, 15) is 4.79 Å². The largest absolute Gasteiger partial charge is 0.383 e. The molecular weight excluding hydrogens is 242 g/mol. The van der Waals surface area contributed by atoms with Gasteiger partial charge in [-0.2, -0.15) is 0 Å². The van der Waals surface area contributed by atoms with Crippen molar-refractivity contribution in [1.82, 2.24) is 15.5 Å². The minimum Gasteiger partial charge on any atom is -0.383 e. The number of nitrogens with zero attached hydrogens (tertiary/aromatic N) is 1. The quantitative estimate of drug-likeness (QED) is 0.598. The van der Waals surface area contributed by atoms with Crippen LogP contribution in [0.4, 0.5) is 0 Å². The first kappa shape index (κ1) is 16.4. The fraction of sp³-hybridized carbons (Fsp3) is 0.929. The number of hydrogen-bond donors (Lipinski definition) is 2. The summed E-state index contributed by atoms with van der Waals surface area (Å²) in [6.07, 6.45) is 3.66. The van der Waals surface area contributed by atoms with E-state index in [2.05, 4.69) is 22.5 Å². The molecule has 1 rings (SSSR count). The predicted octanol–water partition coefficient (Wildman–Crippen LogP) is 0.461. The molecule has 1 aliphatic rings. The Bertz CT molecular complexity index is 241. The van der Waals surface area contributed by atoms with E-state index in [-0.39, 0.29) is 5.91 Å². The van der Waals surface area contributed by atoms with Crippen LogP contribution in [0.3, 0.4) is 0 Å². The molecule has 0 saturated carbocycles. The van der Waals surface area contributed by atoms with Crippen molar-refractivity contribution in [1.29, 1.82) is 0 Å². The van der Waals surface area contributed by atoms with Crippen LogP contribution in [0.2, 0.25) is 0 Å². The number of hydrogen-bond acceptors (Lipinski definition) is 4. The fourth-order valence-corrected chi connectivity index (χ4v) is 2.45. The standard InChI is InChI=1S/C14H29N3O2/c1-3-17-9-5-13(6-10-17)4-7-16-14(18)12-15-8-11-19-2/h13,15H,3-12H2,1-2H3,(H,16,18). The average Bonchev–Trinajstić information content (AvgIpc) is 2.44. The normalized spacial score (nSPS) is 17.6. The molecule has 0 bridgehead atoms. The van der Waals surface area contributed by atoms with E-state index in [0.717, 1.165) is 32.0 Å². The fourth-order valence-electron chi connectivity index (χ4n) is 2.45. The molecule has 1 heterocycles. The smallest absolute Gasteiger partial charge is 0.233 e. The summed E-state index contributed by atoms with van der Waals surface area (Å²) in [6.45, 7) is 8.37. The molecule has 0 radical (unpaired) electrons. The Morgan fingerprint density at radius 1 is 1.32 bits per heavy atom. The summed E-state index contributed by atoms with van der Waals surface area (Å²) in [5.74, 6) is 0.867. The lowest BCUT2D eigenvalue weighted by Gasteiger charge is -2.31. The SMILES string of the molecule is CCN1CCC(CCNC(=O)CNCCOC)CC1. The number of piperidine rings is 1. The van der Waals surface area contributed by atoms with Crippen molar-refractivity contribution in [2.75, 3.05) is 53.0 Å². The summed E-state index contributed by atoms with van der Waals surface area (Å²) in [6, 6.07) is 0. The lowest BCUT2D eigenvalue weighted by Crippen LogP contribution is -2.37. The number of ether oxygens (including phenoxy) is 1. The maximum atomic E-state index is 11.5. The van der Waals surface area contributed by atoms with Crippen LogP contribution in [0.1, 0.15) is 26.2 Å². The molecule has 0 spiro atoms. The summed E-state index contributed by atoms with van der Waals surface area (Å²) >= 11 is 0. The van der Waals surface area contributed by atoms with Crippen LogP contribution in [-0.4, -0.2) is 63.8 Å². The zero-order valence-electron chi connectivity index (χ0n) is 12.4. The third-order valence-electron chi connectivity index (χ3n) is 3.80. The van der Waals surface area contributed by atoms with E-state index in [1.54, 1.807) is 7.11 Å². The van der Waals surface area contributed by atoms with Crippen LogP contribution in [-0.2, 0) is 9.53 Å². The van der Waals surface area contributed by atoms with Crippen LogP contribution < -0.4 is 10.6 Å². The highest BCUT2D eigenvalue weighted by Crippen LogP contribution is 2.19. The molecule has 1 aliphatic heterocycles. The van der Waals surface area contributed by atoms with Crippen LogP contribution in [0.15, 0.2) is 0 Å². The Morgan fingerprint density at radius 3 is 2.68 bits per heavy atom. The van der Waals surface area contributed by atoms with Crippen molar-refractivity contribution in [2.24, 2.45) is 5.92 Å². The summed E-state index contributed by atoms with van der Waals surface area (Å²) < 4.78 is 4.90. The van der Waals surface area contributed by atoms with Crippen LogP contribution >= 0.6 is 0 Å². The molecular formula is C14H29N3O2. The van der Waals surface area contributed by atoms with Gasteiger partial charge >= 0.3 is 0 Å². The molecule has 0 aromatic carbocycles. The molecule has 1 amide bonds. The highest BCUT2D eigenvalue weighted by Gasteiger charge is 2.17. The minimum absolute atomic E-state index is 0.0853. The first-order chi connectivity index (χ1) is 9.26. The van der Waals surface area contributed by atoms with Gasteiger partial charge in [-0.3, -0.25) is 4.79 Å². The molecule has 2 N–H and O–H groups in total. The number of methoxy groups -OCH3 is 1. The minimum atomic E-state index is 0.0853. The monoisotopic (exact) mass is 271 g/mol. The number of carbonyl (C=O) groups excluding carboxylic acids is 1. The zero-order valence-corrected chi connectivity index (χ0v) is 12.4. The van der Waals surface area contributed by atoms with Gasteiger partial charge in [0.25, 0.3) is 0 Å². The maximum Gasteiger partial charge on any atom is 0.233 e. The van der Waals surface area contributed by atoms with E-state index in [1.165, 1.54) is 25.9 Å². The van der Waals surface area contributed by atoms with E-state index in [1.807, 2.05) is 0 Å². The summed E-state index contributed by atoms with van der Waals surface area (Å²) in [5.41, 5.74) is 0. The van der Waals surface area contributed by atoms with Gasteiger partial charge in [0.1, 0.15) is 0 Å². The highest BCUT2D eigenvalue weighted by molar-refractivity contribution is 5.77. The van der Waals surface area contributed by atoms with Crippen molar-refractivity contribution < 1.29 is 9.53 Å². The van der Waals surface area contributed by atoms with Crippen molar-refractivity contribution in [2.45, 2.75) is 26.2 Å². The summed E-state index contributed by atoms with van der Waals surface area (Å²) in [5, 5.41) is 6.02. The van der Waals surface area contributed by atoms with E-state index < -0.39 is 0 Å². The van der Waals surface area contributed by atoms with Crippen molar-refractivity contribution >= 4 is 5.91 Å².